The quantitative estimate of drug-likeness (QED) is 0.708. The Balaban J connectivity index is 2.21. The van der Waals surface area contributed by atoms with E-state index in [0.717, 1.165) is 13.1 Å². The van der Waals surface area contributed by atoms with Crippen molar-refractivity contribution >= 4 is 10.9 Å². The number of hydrogen-bond acceptors (Lipinski definition) is 1. The van der Waals surface area contributed by atoms with Crippen LogP contribution >= 0.6 is 0 Å². The van der Waals surface area contributed by atoms with E-state index in [2.05, 4.69) is 47.7 Å². The zero-order chi connectivity index (χ0) is 11.1. The molecule has 1 aromatic heterocycles. The van der Waals surface area contributed by atoms with Gasteiger partial charge < -0.3 is 4.57 Å². The number of fused-ring (bicyclic) bond motifs is 3. The summed E-state index contributed by atoms with van der Waals surface area (Å²) in [4.78, 5) is 2.52. The van der Waals surface area contributed by atoms with Crippen molar-refractivity contribution in [2.45, 2.75) is 19.9 Å². The molecule has 3 rings (SSSR count). The van der Waals surface area contributed by atoms with E-state index in [-0.39, 0.29) is 0 Å². The minimum atomic E-state index is 1.12. The number of rotatable bonds is 1. The highest BCUT2D eigenvalue weighted by molar-refractivity contribution is 5.85. The molecule has 84 valence electrons. The molecule has 0 aliphatic carbocycles. The van der Waals surface area contributed by atoms with Crippen molar-refractivity contribution in [2.75, 3.05) is 13.1 Å². The van der Waals surface area contributed by atoms with Crippen molar-refractivity contribution in [3.8, 4) is 0 Å². The minimum absolute atomic E-state index is 1.12. The van der Waals surface area contributed by atoms with Gasteiger partial charge in [0.1, 0.15) is 0 Å². The first kappa shape index (κ1) is 9.91. The van der Waals surface area contributed by atoms with Gasteiger partial charge in [0.2, 0.25) is 0 Å². The Hall–Kier alpha value is -1.28. The monoisotopic (exact) mass is 214 g/mol. The molecule has 0 saturated heterocycles. The first-order valence-electron chi connectivity index (χ1n) is 6.08. The van der Waals surface area contributed by atoms with E-state index in [4.69, 9.17) is 0 Å². The largest absolute Gasteiger partial charge is 0.347 e. The number of aromatic nitrogens is 1. The Morgan fingerprint density at radius 3 is 2.88 bits per heavy atom. The summed E-state index contributed by atoms with van der Waals surface area (Å²) in [6.07, 6.45) is 1.19. The SMILES string of the molecule is CCN1CCc2c(c3ccccc3n2C)C1. The van der Waals surface area contributed by atoms with Crippen LogP contribution in [0.1, 0.15) is 18.2 Å². The van der Waals surface area contributed by atoms with Crippen LogP contribution in [0.3, 0.4) is 0 Å². The molecule has 0 amide bonds. The van der Waals surface area contributed by atoms with Gasteiger partial charge in [0.05, 0.1) is 0 Å². The first-order chi connectivity index (χ1) is 7.81. The molecular weight excluding hydrogens is 196 g/mol. The lowest BCUT2D eigenvalue weighted by atomic mass is 10.0. The van der Waals surface area contributed by atoms with Gasteiger partial charge in [0, 0.05) is 43.2 Å². The van der Waals surface area contributed by atoms with E-state index in [9.17, 15) is 0 Å². The second-order valence-corrected chi connectivity index (χ2v) is 4.62. The normalized spacial score (nSPS) is 16.6. The van der Waals surface area contributed by atoms with Gasteiger partial charge >= 0.3 is 0 Å². The van der Waals surface area contributed by atoms with E-state index in [1.165, 1.54) is 29.6 Å². The number of para-hydroxylation sites is 1. The predicted molar refractivity (Wildman–Crippen MR) is 67.6 cm³/mol. The molecule has 2 heteroatoms. The smallest absolute Gasteiger partial charge is 0.0483 e. The molecular formula is C14H18N2. The molecule has 1 aliphatic heterocycles. The molecule has 0 unspecified atom stereocenters. The van der Waals surface area contributed by atoms with Crippen LogP contribution in [0.5, 0.6) is 0 Å². The molecule has 16 heavy (non-hydrogen) atoms. The van der Waals surface area contributed by atoms with Crippen molar-refractivity contribution < 1.29 is 0 Å². The molecule has 0 saturated carbocycles. The molecule has 0 N–H and O–H groups in total. The predicted octanol–water partition coefficient (Wildman–Crippen LogP) is 2.56. The average molecular weight is 214 g/mol. The number of likely N-dealkylation sites (N-methyl/N-ethyl adjacent to an activating group) is 1. The maximum atomic E-state index is 2.52. The number of nitrogens with zero attached hydrogens (tertiary/aromatic N) is 2. The van der Waals surface area contributed by atoms with Crippen LogP contribution in [-0.4, -0.2) is 22.6 Å². The fourth-order valence-electron chi connectivity index (χ4n) is 2.86. The zero-order valence-electron chi connectivity index (χ0n) is 10.0. The summed E-state index contributed by atoms with van der Waals surface area (Å²) in [5.74, 6) is 0. The van der Waals surface area contributed by atoms with Crippen molar-refractivity contribution in [1.29, 1.82) is 0 Å². The summed E-state index contributed by atoms with van der Waals surface area (Å²) in [7, 11) is 2.20. The molecule has 1 aromatic carbocycles. The Kier molecular flexibility index (Phi) is 2.25. The maximum Gasteiger partial charge on any atom is 0.0483 e. The molecule has 0 fully saturated rings. The summed E-state index contributed by atoms with van der Waals surface area (Å²) in [5.41, 5.74) is 4.46. The standard InChI is InChI=1S/C14H18N2/c1-3-16-9-8-14-12(10-16)11-6-4-5-7-13(11)15(14)2/h4-7H,3,8-10H2,1-2H3. The Morgan fingerprint density at radius 2 is 2.06 bits per heavy atom. The number of benzene rings is 1. The van der Waals surface area contributed by atoms with Crippen LogP contribution in [0.2, 0.25) is 0 Å². The van der Waals surface area contributed by atoms with Crippen LogP contribution in [0.4, 0.5) is 0 Å². The Bertz CT molecular complexity index is 525. The molecule has 2 nitrogen and oxygen atoms in total. The lowest BCUT2D eigenvalue weighted by Gasteiger charge is -2.26. The molecule has 0 atom stereocenters. The minimum Gasteiger partial charge on any atom is -0.347 e. The summed E-state index contributed by atoms with van der Waals surface area (Å²) in [6, 6.07) is 8.76. The van der Waals surface area contributed by atoms with Gasteiger partial charge in [0.25, 0.3) is 0 Å². The number of hydrogen-bond donors (Lipinski definition) is 0. The third kappa shape index (κ3) is 1.30. The fourth-order valence-corrected chi connectivity index (χ4v) is 2.86. The second-order valence-electron chi connectivity index (χ2n) is 4.62. The van der Waals surface area contributed by atoms with Crippen molar-refractivity contribution in [2.24, 2.45) is 7.05 Å². The number of aryl methyl sites for hydroxylation is 1. The van der Waals surface area contributed by atoms with Gasteiger partial charge in [-0.05, 0) is 18.2 Å². The Labute approximate surface area is 96.5 Å². The highest BCUT2D eigenvalue weighted by Gasteiger charge is 2.21. The first-order valence-corrected chi connectivity index (χ1v) is 6.08. The average Bonchev–Trinajstić information content (AvgIpc) is 2.64. The van der Waals surface area contributed by atoms with Crippen molar-refractivity contribution in [3.63, 3.8) is 0 Å². The van der Waals surface area contributed by atoms with Gasteiger partial charge in [-0.15, -0.1) is 0 Å². The van der Waals surface area contributed by atoms with Gasteiger partial charge in [-0.1, -0.05) is 25.1 Å². The van der Waals surface area contributed by atoms with Crippen LogP contribution < -0.4 is 0 Å². The van der Waals surface area contributed by atoms with Gasteiger partial charge in [0.15, 0.2) is 0 Å². The van der Waals surface area contributed by atoms with E-state index in [1.807, 2.05) is 0 Å². The van der Waals surface area contributed by atoms with Gasteiger partial charge in [-0.25, -0.2) is 0 Å². The molecule has 0 radical (unpaired) electrons. The van der Waals surface area contributed by atoms with Gasteiger partial charge in [-0.2, -0.15) is 0 Å². The van der Waals surface area contributed by atoms with E-state index >= 15 is 0 Å². The highest BCUT2D eigenvalue weighted by atomic mass is 15.1. The van der Waals surface area contributed by atoms with Crippen LogP contribution in [-0.2, 0) is 20.0 Å². The van der Waals surface area contributed by atoms with E-state index < -0.39 is 0 Å². The summed E-state index contributed by atoms with van der Waals surface area (Å²) in [5, 5.41) is 1.44. The van der Waals surface area contributed by atoms with E-state index in [1.54, 1.807) is 5.56 Å². The van der Waals surface area contributed by atoms with E-state index in [0.29, 0.717) is 0 Å². The lowest BCUT2D eigenvalue weighted by molar-refractivity contribution is 0.266. The highest BCUT2D eigenvalue weighted by Crippen LogP contribution is 2.29. The maximum absolute atomic E-state index is 2.52. The lowest BCUT2D eigenvalue weighted by Crippen LogP contribution is -2.30. The third-order valence-corrected chi connectivity index (χ3v) is 3.84. The third-order valence-electron chi connectivity index (χ3n) is 3.84. The van der Waals surface area contributed by atoms with Crippen molar-refractivity contribution in [1.82, 2.24) is 9.47 Å². The van der Waals surface area contributed by atoms with Crippen LogP contribution in [0.15, 0.2) is 24.3 Å². The fraction of sp³-hybridized carbons (Fsp3) is 0.429. The molecule has 0 bridgehead atoms. The molecule has 2 aromatic rings. The second kappa shape index (κ2) is 3.63. The Morgan fingerprint density at radius 1 is 1.25 bits per heavy atom. The topological polar surface area (TPSA) is 8.17 Å². The molecule has 0 spiro atoms. The van der Waals surface area contributed by atoms with Crippen LogP contribution in [0, 0.1) is 0 Å². The van der Waals surface area contributed by atoms with Crippen molar-refractivity contribution in [3.05, 3.63) is 35.5 Å². The summed E-state index contributed by atoms with van der Waals surface area (Å²) >= 11 is 0. The molecule has 1 aliphatic rings. The van der Waals surface area contributed by atoms with Crippen LogP contribution in [0.25, 0.3) is 10.9 Å². The summed E-state index contributed by atoms with van der Waals surface area (Å²) < 4.78 is 2.37. The summed E-state index contributed by atoms with van der Waals surface area (Å²) in [6.45, 7) is 5.72. The van der Waals surface area contributed by atoms with Gasteiger partial charge in [-0.3, -0.25) is 4.90 Å². The zero-order valence-corrected chi connectivity index (χ0v) is 10.0. The molecule has 2 heterocycles.